The van der Waals surface area contributed by atoms with Crippen molar-refractivity contribution in [3.63, 3.8) is 0 Å². The third-order valence-electron chi connectivity index (χ3n) is 4.27. The van der Waals surface area contributed by atoms with Gasteiger partial charge in [0.05, 0.1) is 11.5 Å². The molecule has 1 fully saturated rings. The zero-order valence-electron chi connectivity index (χ0n) is 13.6. The van der Waals surface area contributed by atoms with Crippen molar-refractivity contribution >= 4 is 15.7 Å². The zero-order chi connectivity index (χ0) is 16.3. The first kappa shape index (κ1) is 17.0. The van der Waals surface area contributed by atoms with E-state index in [-0.39, 0.29) is 23.5 Å². The van der Waals surface area contributed by atoms with Crippen molar-refractivity contribution in [1.29, 1.82) is 0 Å². The molecule has 1 atom stereocenters. The molecular weight excluding hydrogens is 298 g/mol. The lowest BCUT2D eigenvalue weighted by Gasteiger charge is -2.29. The van der Waals surface area contributed by atoms with Crippen LogP contribution in [0.15, 0.2) is 18.2 Å². The van der Waals surface area contributed by atoms with Gasteiger partial charge in [0.2, 0.25) is 0 Å². The number of aryl methyl sites for hydroxylation is 2. The van der Waals surface area contributed by atoms with E-state index < -0.39 is 9.84 Å². The maximum Gasteiger partial charge on any atom is 0.254 e. The van der Waals surface area contributed by atoms with Gasteiger partial charge in [-0.1, -0.05) is 31.0 Å². The number of unbranched alkanes of at least 4 members (excludes halogenated alkanes) is 1. The van der Waals surface area contributed by atoms with Crippen LogP contribution in [0.2, 0.25) is 0 Å². The first-order chi connectivity index (χ1) is 10.3. The van der Waals surface area contributed by atoms with Crippen molar-refractivity contribution in [1.82, 2.24) is 4.90 Å². The van der Waals surface area contributed by atoms with E-state index in [2.05, 4.69) is 6.92 Å². The van der Waals surface area contributed by atoms with Gasteiger partial charge in [-0.25, -0.2) is 8.42 Å². The Morgan fingerprint density at radius 2 is 2.05 bits per heavy atom. The number of hydrogen-bond acceptors (Lipinski definition) is 3. The number of sulfone groups is 1. The summed E-state index contributed by atoms with van der Waals surface area (Å²) in [6, 6.07) is 5.61. The highest BCUT2D eigenvalue weighted by atomic mass is 32.2. The summed E-state index contributed by atoms with van der Waals surface area (Å²) in [5.74, 6) is 0.265. The second kappa shape index (κ2) is 6.82. The lowest BCUT2D eigenvalue weighted by atomic mass is 10.0. The molecule has 1 aromatic carbocycles. The van der Waals surface area contributed by atoms with Crippen LogP contribution in [0.3, 0.4) is 0 Å². The van der Waals surface area contributed by atoms with Crippen LogP contribution in [0.1, 0.15) is 47.7 Å². The summed E-state index contributed by atoms with van der Waals surface area (Å²) in [5.41, 5.74) is 2.76. The van der Waals surface area contributed by atoms with Crippen LogP contribution >= 0.6 is 0 Å². The molecule has 22 heavy (non-hydrogen) atoms. The Morgan fingerprint density at radius 3 is 2.59 bits per heavy atom. The van der Waals surface area contributed by atoms with Crippen LogP contribution in [-0.2, 0) is 9.84 Å². The highest BCUT2D eigenvalue weighted by molar-refractivity contribution is 7.91. The number of carbonyl (C=O) groups excluding carboxylic acids is 1. The third kappa shape index (κ3) is 3.88. The van der Waals surface area contributed by atoms with Crippen LogP contribution in [0.4, 0.5) is 0 Å². The molecule has 122 valence electrons. The average molecular weight is 323 g/mol. The molecule has 1 heterocycles. The van der Waals surface area contributed by atoms with E-state index in [4.69, 9.17) is 0 Å². The summed E-state index contributed by atoms with van der Waals surface area (Å²) in [6.07, 6.45) is 2.44. The third-order valence-corrected chi connectivity index (χ3v) is 6.03. The molecule has 0 spiro atoms. The summed E-state index contributed by atoms with van der Waals surface area (Å²) in [6.45, 7) is 6.64. The molecule has 0 saturated carbocycles. The summed E-state index contributed by atoms with van der Waals surface area (Å²) in [4.78, 5) is 14.7. The van der Waals surface area contributed by atoms with Crippen LogP contribution in [0, 0.1) is 13.8 Å². The predicted molar refractivity (Wildman–Crippen MR) is 88.9 cm³/mol. The summed E-state index contributed by atoms with van der Waals surface area (Å²) in [7, 11) is -2.99. The van der Waals surface area contributed by atoms with E-state index in [0.29, 0.717) is 18.5 Å². The molecule has 0 aliphatic carbocycles. The topological polar surface area (TPSA) is 54.5 Å². The van der Waals surface area contributed by atoms with Gasteiger partial charge in [-0.3, -0.25) is 4.79 Å². The highest BCUT2D eigenvalue weighted by Gasteiger charge is 2.34. The molecule has 1 aromatic rings. The van der Waals surface area contributed by atoms with Crippen molar-refractivity contribution in [2.45, 2.75) is 46.1 Å². The normalized spacial score (nSPS) is 20.0. The lowest BCUT2D eigenvalue weighted by Crippen LogP contribution is -2.42. The second-order valence-electron chi connectivity index (χ2n) is 6.23. The molecule has 0 radical (unpaired) electrons. The van der Waals surface area contributed by atoms with Crippen LogP contribution in [-0.4, -0.2) is 43.3 Å². The van der Waals surface area contributed by atoms with Gasteiger partial charge >= 0.3 is 0 Å². The van der Waals surface area contributed by atoms with E-state index in [1.54, 1.807) is 4.90 Å². The minimum atomic E-state index is -2.99. The molecule has 1 unspecified atom stereocenters. The fourth-order valence-electron chi connectivity index (χ4n) is 3.01. The Kier molecular flexibility index (Phi) is 5.27. The minimum absolute atomic E-state index is 0.0342. The molecule has 4 nitrogen and oxygen atoms in total. The second-order valence-corrected chi connectivity index (χ2v) is 8.46. The van der Waals surface area contributed by atoms with Gasteiger partial charge in [0.25, 0.3) is 5.91 Å². The van der Waals surface area contributed by atoms with Crippen LogP contribution in [0.25, 0.3) is 0 Å². The molecule has 0 bridgehead atoms. The maximum absolute atomic E-state index is 12.9. The van der Waals surface area contributed by atoms with E-state index >= 15 is 0 Å². The maximum atomic E-state index is 12.9. The van der Waals surface area contributed by atoms with Gasteiger partial charge in [-0.05, 0) is 38.3 Å². The molecule has 1 saturated heterocycles. The SMILES string of the molecule is CCCCN(C(=O)c1ccc(C)cc1C)C1CCS(=O)(=O)C1. The summed E-state index contributed by atoms with van der Waals surface area (Å²) < 4.78 is 23.5. The quantitative estimate of drug-likeness (QED) is 0.837. The Balaban J connectivity index is 2.26. The fourth-order valence-corrected chi connectivity index (χ4v) is 4.74. The number of hydrogen-bond donors (Lipinski definition) is 0. The number of nitrogens with zero attached hydrogens (tertiary/aromatic N) is 1. The lowest BCUT2D eigenvalue weighted by molar-refractivity contribution is 0.0693. The van der Waals surface area contributed by atoms with Crippen LogP contribution < -0.4 is 0 Å². The molecule has 1 aliphatic heterocycles. The Labute approximate surface area is 133 Å². The first-order valence-corrected chi connectivity index (χ1v) is 9.75. The van der Waals surface area contributed by atoms with Crippen molar-refractivity contribution in [3.8, 4) is 0 Å². The summed E-state index contributed by atoms with van der Waals surface area (Å²) in [5, 5.41) is 0. The number of amides is 1. The van der Waals surface area contributed by atoms with Crippen molar-refractivity contribution in [2.75, 3.05) is 18.1 Å². The largest absolute Gasteiger partial charge is 0.335 e. The Morgan fingerprint density at radius 1 is 1.32 bits per heavy atom. The standard InChI is InChI=1S/C17H25NO3S/c1-4-5-9-18(15-8-10-22(20,21)12-15)17(19)16-7-6-13(2)11-14(16)3/h6-7,11,15H,4-5,8-10,12H2,1-3H3. The zero-order valence-corrected chi connectivity index (χ0v) is 14.4. The molecular formula is C17H25NO3S. The predicted octanol–water partition coefficient (Wildman–Crippen LogP) is 2.73. The van der Waals surface area contributed by atoms with Gasteiger partial charge in [0.1, 0.15) is 0 Å². The molecule has 0 aromatic heterocycles. The Hall–Kier alpha value is -1.36. The Bertz CT molecular complexity index is 652. The van der Waals surface area contributed by atoms with Gasteiger partial charge < -0.3 is 4.90 Å². The molecule has 1 amide bonds. The van der Waals surface area contributed by atoms with Crippen LogP contribution in [0.5, 0.6) is 0 Å². The highest BCUT2D eigenvalue weighted by Crippen LogP contribution is 2.22. The summed E-state index contributed by atoms with van der Waals surface area (Å²) >= 11 is 0. The molecule has 1 aliphatic rings. The van der Waals surface area contributed by atoms with Gasteiger partial charge in [0, 0.05) is 18.2 Å². The van der Waals surface area contributed by atoms with E-state index in [9.17, 15) is 13.2 Å². The molecule has 0 N–H and O–H groups in total. The monoisotopic (exact) mass is 323 g/mol. The average Bonchev–Trinajstić information content (AvgIpc) is 2.79. The number of rotatable bonds is 5. The van der Waals surface area contributed by atoms with Crippen molar-refractivity contribution in [2.24, 2.45) is 0 Å². The van der Waals surface area contributed by atoms with E-state index in [1.165, 1.54) is 0 Å². The van der Waals surface area contributed by atoms with E-state index in [1.807, 2.05) is 32.0 Å². The molecule has 2 rings (SSSR count). The number of benzene rings is 1. The fraction of sp³-hybridized carbons (Fsp3) is 0.588. The van der Waals surface area contributed by atoms with Gasteiger partial charge in [-0.15, -0.1) is 0 Å². The van der Waals surface area contributed by atoms with Gasteiger partial charge in [0.15, 0.2) is 9.84 Å². The van der Waals surface area contributed by atoms with Crippen molar-refractivity contribution < 1.29 is 13.2 Å². The van der Waals surface area contributed by atoms with Gasteiger partial charge in [-0.2, -0.15) is 0 Å². The molecule has 5 heteroatoms. The first-order valence-electron chi connectivity index (χ1n) is 7.92. The smallest absolute Gasteiger partial charge is 0.254 e. The minimum Gasteiger partial charge on any atom is -0.335 e. The van der Waals surface area contributed by atoms with E-state index in [0.717, 1.165) is 24.0 Å². The number of carbonyl (C=O) groups is 1. The van der Waals surface area contributed by atoms with Crippen molar-refractivity contribution in [3.05, 3.63) is 34.9 Å².